The quantitative estimate of drug-likeness (QED) is 0.571. The van der Waals surface area contributed by atoms with E-state index >= 15 is 0 Å². The number of phenolic OH excluding ortho intramolecular Hbond substituents is 1. The van der Waals surface area contributed by atoms with E-state index < -0.39 is 17.8 Å². The van der Waals surface area contributed by atoms with Gasteiger partial charge >= 0.3 is 5.97 Å². The molecular formula is C19H17BrN2O5. The molecule has 2 amide bonds. The van der Waals surface area contributed by atoms with Gasteiger partial charge in [-0.2, -0.15) is 0 Å². The van der Waals surface area contributed by atoms with Crippen LogP contribution in [0.3, 0.4) is 0 Å². The summed E-state index contributed by atoms with van der Waals surface area (Å²) in [6.07, 6.45) is 0.0653. The minimum atomic E-state index is -0.708. The van der Waals surface area contributed by atoms with Crippen molar-refractivity contribution in [1.82, 2.24) is 0 Å². The Bertz CT molecular complexity index is 915. The standard InChI is InChI=1S/C19H17BrN2O5/c1-27-19(26)14-6-3-7-15(17(14)24)21-18(25)11-8-16(23)22(10-11)13-5-2-4-12(20)9-13/h2-7,9,11,24H,8,10H2,1H3,(H,21,25). The highest BCUT2D eigenvalue weighted by atomic mass is 79.9. The summed E-state index contributed by atoms with van der Waals surface area (Å²) in [5.74, 6) is -2.21. The van der Waals surface area contributed by atoms with Crippen LogP contribution in [0.25, 0.3) is 0 Å². The topological polar surface area (TPSA) is 95.9 Å². The molecule has 1 atom stereocenters. The Morgan fingerprint density at radius 1 is 1.26 bits per heavy atom. The first-order valence-corrected chi connectivity index (χ1v) is 8.97. The Labute approximate surface area is 164 Å². The molecule has 0 radical (unpaired) electrons. The van der Waals surface area contributed by atoms with Gasteiger partial charge in [0, 0.05) is 23.1 Å². The van der Waals surface area contributed by atoms with Crippen LogP contribution in [0.15, 0.2) is 46.9 Å². The molecule has 2 aromatic rings. The number of carbonyl (C=O) groups excluding carboxylic acids is 3. The normalized spacial score (nSPS) is 16.3. The molecule has 0 spiro atoms. The number of halogens is 1. The van der Waals surface area contributed by atoms with Gasteiger partial charge in [0.15, 0.2) is 5.75 Å². The van der Waals surface area contributed by atoms with E-state index in [9.17, 15) is 19.5 Å². The van der Waals surface area contributed by atoms with Gasteiger partial charge < -0.3 is 20.1 Å². The number of benzene rings is 2. The first-order chi connectivity index (χ1) is 12.9. The summed E-state index contributed by atoms with van der Waals surface area (Å²) in [4.78, 5) is 38.1. The molecule has 2 aromatic carbocycles. The third-order valence-corrected chi connectivity index (χ3v) is 4.81. The number of aromatic hydroxyl groups is 1. The van der Waals surface area contributed by atoms with E-state index in [-0.39, 0.29) is 35.9 Å². The highest BCUT2D eigenvalue weighted by Gasteiger charge is 2.35. The molecule has 140 valence electrons. The lowest BCUT2D eigenvalue weighted by Gasteiger charge is -2.17. The molecule has 0 bridgehead atoms. The summed E-state index contributed by atoms with van der Waals surface area (Å²) in [6.45, 7) is 0.235. The second-order valence-electron chi connectivity index (χ2n) is 6.07. The fourth-order valence-corrected chi connectivity index (χ4v) is 3.32. The maximum Gasteiger partial charge on any atom is 0.341 e. The van der Waals surface area contributed by atoms with Crippen molar-refractivity contribution in [2.45, 2.75) is 6.42 Å². The molecular weight excluding hydrogens is 416 g/mol. The van der Waals surface area contributed by atoms with E-state index in [1.807, 2.05) is 18.2 Å². The molecule has 0 saturated carbocycles. The number of para-hydroxylation sites is 1. The minimum absolute atomic E-state index is 0.0476. The Kier molecular flexibility index (Phi) is 5.46. The number of hydrogen-bond acceptors (Lipinski definition) is 5. The fourth-order valence-electron chi connectivity index (χ4n) is 2.93. The number of nitrogens with one attached hydrogen (secondary N) is 1. The molecule has 2 N–H and O–H groups in total. The van der Waals surface area contributed by atoms with Crippen molar-refractivity contribution in [2.75, 3.05) is 23.9 Å². The maximum absolute atomic E-state index is 12.6. The highest BCUT2D eigenvalue weighted by molar-refractivity contribution is 9.10. The van der Waals surface area contributed by atoms with E-state index in [1.54, 1.807) is 11.0 Å². The lowest BCUT2D eigenvalue weighted by Crippen LogP contribution is -2.28. The van der Waals surface area contributed by atoms with Crippen molar-refractivity contribution in [3.8, 4) is 5.75 Å². The minimum Gasteiger partial charge on any atom is -0.505 e. The number of amides is 2. The molecule has 7 nitrogen and oxygen atoms in total. The molecule has 3 rings (SSSR count). The zero-order valence-corrected chi connectivity index (χ0v) is 16.0. The number of nitrogens with zero attached hydrogens (tertiary/aromatic N) is 1. The van der Waals surface area contributed by atoms with Crippen LogP contribution in [0.2, 0.25) is 0 Å². The van der Waals surface area contributed by atoms with Gasteiger partial charge in [-0.25, -0.2) is 4.79 Å². The van der Waals surface area contributed by atoms with Gasteiger partial charge in [-0.05, 0) is 30.3 Å². The average Bonchev–Trinajstić information content (AvgIpc) is 3.04. The van der Waals surface area contributed by atoms with Crippen LogP contribution in [0.5, 0.6) is 5.75 Å². The number of phenols is 1. The summed E-state index contributed by atoms with van der Waals surface area (Å²) < 4.78 is 5.44. The van der Waals surface area contributed by atoms with Gasteiger partial charge in [0.1, 0.15) is 5.56 Å². The van der Waals surface area contributed by atoms with E-state index in [2.05, 4.69) is 26.0 Å². The predicted octanol–water partition coefficient (Wildman–Crippen LogP) is 2.93. The van der Waals surface area contributed by atoms with Gasteiger partial charge in [0.2, 0.25) is 11.8 Å². The number of esters is 1. The van der Waals surface area contributed by atoms with E-state index in [1.165, 1.54) is 25.3 Å². The van der Waals surface area contributed by atoms with Crippen molar-refractivity contribution in [1.29, 1.82) is 0 Å². The third-order valence-electron chi connectivity index (χ3n) is 4.31. The van der Waals surface area contributed by atoms with Gasteiger partial charge in [0.25, 0.3) is 0 Å². The molecule has 1 unspecified atom stereocenters. The van der Waals surface area contributed by atoms with Crippen LogP contribution in [0, 0.1) is 5.92 Å². The largest absolute Gasteiger partial charge is 0.505 e. The second kappa shape index (κ2) is 7.79. The first kappa shape index (κ1) is 18.9. The fraction of sp³-hybridized carbons (Fsp3) is 0.211. The summed E-state index contributed by atoms with van der Waals surface area (Å²) in [6, 6.07) is 11.7. The van der Waals surface area contributed by atoms with Crippen molar-refractivity contribution in [3.05, 3.63) is 52.5 Å². The first-order valence-electron chi connectivity index (χ1n) is 8.17. The van der Waals surface area contributed by atoms with E-state index in [0.717, 1.165) is 4.47 Å². The number of hydrogen-bond donors (Lipinski definition) is 2. The predicted molar refractivity (Wildman–Crippen MR) is 103 cm³/mol. The number of anilines is 2. The Morgan fingerprint density at radius 3 is 2.70 bits per heavy atom. The van der Waals surface area contributed by atoms with Crippen molar-refractivity contribution >= 4 is 45.1 Å². The molecule has 1 saturated heterocycles. The van der Waals surface area contributed by atoms with Crippen molar-refractivity contribution in [2.24, 2.45) is 5.92 Å². The molecule has 1 aliphatic heterocycles. The number of ether oxygens (including phenoxy) is 1. The summed E-state index contributed by atoms with van der Waals surface area (Å²) in [5, 5.41) is 12.8. The molecule has 0 aromatic heterocycles. The van der Waals surface area contributed by atoms with Crippen LogP contribution in [-0.2, 0) is 14.3 Å². The van der Waals surface area contributed by atoms with Crippen LogP contribution in [0.1, 0.15) is 16.8 Å². The SMILES string of the molecule is COC(=O)c1cccc(NC(=O)C2CC(=O)N(c3cccc(Br)c3)C2)c1O. The average molecular weight is 433 g/mol. The summed E-state index contributed by atoms with van der Waals surface area (Å²) >= 11 is 3.37. The highest BCUT2D eigenvalue weighted by Crippen LogP contribution is 2.31. The maximum atomic E-state index is 12.6. The molecule has 27 heavy (non-hydrogen) atoms. The van der Waals surface area contributed by atoms with Gasteiger partial charge in [-0.3, -0.25) is 9.59 Å². The van der Waals surface area contributed by atoms with Crippen molar-refractivity contribution < 1.29 is 24.2 Å². The number of carbonyl (C=O) groups is 3. The van der Waals surface area contributed by atoms with Gasteiger partial charge in [-0.1, -0.05) is 28.1 Å². The van der Waals surface area contributed by atoms with E-state index in [0.29, 0.717) is 5.69 Å². The molecule has 1 fully saturated rings. The monoisotopic (exact) mass is 432 g/mol. The number of rotatable bonds is 4. The summed E-state index contributed by atoms with van der Waals surface area (Å²) in [7, 11) is 1.20. The molecule has 1 aliphatic rings. The Balaban J connectivity index is 1.74. The molecule has 0 aliphatic carbocycles. The lowest BCUT2D eigenvalue weighted by molar-refractivity contribution is -0.122. The summed E-state index contributed by atoms with van der Waals surface area (Å²) in [5.41, 5.74) is 0.755. The molecule has 1 heterocycles. The van der Waals surface area contributed by atoms with Gasteiger partial charge in [0.05, 0.1) is 18.7 Å². The Hall–Kier alpha value is -2.87. The van der Waals surface area contributed by atoms with Crippen LogP contribution < -0.4 is 10.2 Å². The van der Waals surface area contributed by atoms with Gasteiger partial charge in [-0.15, -0.1) is 0 Å². The van der Waals surface area contributed by atoms with Crippen LogP contribution in [0.4, 0.5) is 11.4 Å². The van der Waals surface area contributed by atoms with Crippen LogP contribution in [-0.4, -0.2) is 36.5 Å². The van der Waals surface area contributed by atoms with Crippen molar-refractivity contribution in [3.63, 3.8) is 0 Å². The smallest absolute Gasteiger partial charge is 0.341 e. The lowest BCUT2D eigenvalue weighted by atomic mass is 10.1. The Morgan fingerprint density at radius 2 is 2.00 bits per heavy atom. The zero-order valence-electron chi connectivity index (χ0n) is 14.4. The third kappa shape index (κ3) is 3.95. The molecule has 8 heteroatoms. The van der Waals surface area contributed by atoms with Crippen LogP contribution >= 0.6 is 15.9 Å². The second-order valence-corrected chi connectivity index (χ2v) is 6.98. The van der Waals surface area contributed by atoms with E-state index in [4.69, 9.17) is 0 Å². The number of methoxy groups -OCH3 is 1. The zero-order chi connectivity index (χ0) is 19.6.